The minimum Gasteiger partial charge on any atom is -0.379 e. The van der Waals surface area contributed by atoms with Crippen LogP contribution in [0.5, 0.6) is 0 Å². The van der Waals surface area contributed by atoms with Crippen LogP contribution in [0.25, 0.3) is 0 Å². The van der Waals surface area contributed by atoms with E-state index in [4.69, 9.17) is 4.74 Å². The summed E-state index contributed by atoms with van der Waals surface area (Å²) in [5, 5.41) is 2.97. The van der Waals surface area contributed by atoms with Crippen molar-refractivity contribution in [2.75, 3.05) is 18.5 Å². The van der Waals surface area contributed by atoms with Crippen LogP contribution < -0.4 is 5.32 Å². The number of para-hydroxylation sites is 1. The molecule has 0 radical (unpaired) electrons. The van der Waals surface area contributed by atoms with E-state index in [0.29, 0.717) is 13.2 Å². The second kappa shape index (κ2) is 5.83. The molecule has 1 heterocycles. The molecule has 19 heavy (non-hydrogen) atoms. The molecule has 0 aliphatic carbocycles. The molecule has 1 fully saturated rings. The van der Waals surface area contributed by atoms with Gasteiger partial charge in [-0.3, -0.25) is 0 Å². The van der Waals surface area contributed by atoms with E-state index >= 15 is 0 Å². The van der Waals surface area contributed by atoms with E-state index < -0.39 is 15.6 Å². The predicted octanol–water partition coefficient (Wildman–Crippen LogP) is 2.27. The number of alkyl halides is 2. The van der Waals surface area contributed by atoms with E-state index in [1.807, 2.05) is 0 Å². The Kier molecular flexibility index (Phi) is 4.36. The average molecular weight is 291 g/mol. The molecule has 1 atom stereocenters. The molecule has 1 aromatic rings. The Morgan fingerprint density at radius 1 is 1.32 bits per heavy atom. The molecule has 4 nitrogen and oxygen atoms in total. The first kappa shape index (κ1) is 14.2. The lowest BCUT2D eigenvalue weighted by atomic mass is 10.1. The maximum atomic E-state index is 12.6. The van der Waals surface area contributed by atoms with E-state index in [2.05, 4.69) is 5.32 Å². The third kappa shape index (κ3) is 3.22. The molecule has 0 bridgehead atoms. The summed E-state index contributed by atoms with van der Waals surface area (Å²) in [5.74, 6) is -3.42. The molecular formula is C12H15F2NO3S. The van der Waals surface area contributed by atoms with Gasteiger partial charge in [-0.15, -0.1) is 0 Å². The Balaban J connectivity index is 2.26. The van der Waals surface area contributed by atoms with E-state index in [9.17, 15) is 17.2 Å². The quantitative estimate of drug-likeness (QED) is 0.924. The molecule has 0 saturated carbocycles. The number of sulfone groups is 1. The van der Waals surface area contributed by atoms with Gasteiger partial charge in [-0.1, -0.05) is 12.1 Å². The zero-order chi connectivity index (χ0) is 13.9. The molecule has 1 aliphatic rings. The first-order chi connectivity index (χ1) is 9.01. The standard InChI is InChI=1S/C12H15F2NO3S/c13-12(14)19(16,17)11-6-2-1-5-10(11)15-9-4-3-7-18-8-9/h1-2,5-6,9,12,15H,3-4,7-8H2. The van der Waals surface area contributed by atoms with Crippen LogP contribution in [0, 0.1) is 0 Å². The molecule has 0 amide bonds. The van der Waals surface area contributed by atoms with Gasteiger partial charge in [0.25, 0.3) is 0 Å². The van der Waals surface area contributed by atoms with Crippen molar-refractivity contribution in [3.63, 3.8) is 0 Å². The topological polar surface area (TPSA) is 55.4 Å². The smallest absolute Gasteiger partial charge is 0.341 e. The summed E-state index contributed by atoms with van der Waals surface area (Å²) in [6.45, 7) is 1.12. The van der Waals surface area contributed by atoms with Crippen LogP contribution in [0.1, 0.15) is 12.8 Å². The fourth-order valence-electron chi connectivity index (χ4n) is 2.00. The van der Waals surface area contributed by atoms with Crippen LogP contribution in [0.4, 0.5) is 14.5 Å². The first-order valence-electron chi connectivity index (χ1n) is 5.97. The summed E-state index contributed by atoms with van der Waals surface area (Å²) < 4.78 is 53.6. The summed E-state index contributed by atoms with van der Waals surface area (Å²) in [6, 6.07) is 5.66. The van der Waals surface area contributed by atoms with Gasteiger partial charge in [0.15, 0.2) is 0 Å². The summed E-state index contributed by atoms with van der Waals surface area (Å²) in [4.78, 5) is -0.365. The molecule has 1 N–H and O–H groups in total. The van der Waals surface area contributed by atoms with E-state index in [1.165, 1.54) is 18.2 Å². The average Bonchev–Trinajstić information content (AvgIpc) is 2.40. The highest BCUT2D eigenvalue weighted by atomic mass is 32.2. The zero-order valence-electron chi connectivity index (χ0n) is 10.2. The number of anilines is 1. The van der Waals surface area contributed by atoms with Gasteiger partial charge in [-0.05, 0) is 25.0 Å². The van der Waals surface area contributed by atoms with Crippen LogP contribution in [-0.2, 0) is 14.6 Å². The molecule has 106 valence electrons. The Hall–Kier alpha value is -1.21. The van der Waals surface area contributed by atoms with Crippen LogP contribution in [0.15, 0.2) is 29.2 Å². The van der Waals surface area contributed by atoms with E-state index in [0.717, 1.165) is 12.8 Å². The van der Waals surface area contributed by atoms with Gasteiger partial charge in [-0.25, -0.2) is 8.42 Å². The minimum absolute atomic E-state index is 0.0530. The molecular weight excluding hydrogens is 276 g/mol. The second-order valence-electron chi connectivity index (χ2n) is 4.36. The number of nitrogens with one attached hydrogen (secondary N) is 1. The first-order valence-corrected chi connectivity index (χ1v) is 7.52. The Morgan fingerprint density at radius 2 is 2.05 bits per heavy atom. The summed E-state index contributed by atoms with van der Waals surface area (Å²) in [7, 11) is -4.59. The summed E-state index contributed by atoms with van der Waals surface area (Å²) in [5.41, 5.74) is 0.207. The SMILES string of the molecule is O=S(=O)(c1ccccc1NC1CCCOC1)C(F)F. The van der Waals surface area contributed by atoms with Gasteiger partial charge in [0, 0.05) is 12.6 Å². The lowest BCUT2D eigenvalue weighted by Crippen LogP contribution is -2.30. The van der Waals surface area contributed by atoms with E-state index in [-0.39, 0.29) is 16.6 Å². The van der Waals surface area contributed by atoms with Gasteiger partial charge in [0.2, 0.25) is 9.84 Å². The number of hydrogen-bond donors (Lipinski definition) is 1. The highest BCUT2D eigenvalue weighted by Gasteiger charge is 2.29. The number of rotatable bonds is 4. The third-order valence-electron chi connectivity index (χ3n) is 2.95. The molecule has 1 aliphatic heterocycles. The minimum atomic E-state index is -4.59. The summed E-state index contributed by atoms with van der Waals surface area (Å²) >= 11 is 0. The fourth-order valence-corrected chi connectivity index (χ4v) is 2.90. The van der Waals surface area contributed by atoms with Crippen LogP contribution >= 0.6 is 0 Å². The largest absolute Gasteiger partial charge is 0.379 e. The van der Waals surface area contributed by atoms with Crippen LogP contribution in [-0.4, -0.2) is 33.4 Å². The van der Waals surface area contributed by atoms with Gasteiger partial charge in [0.05, 0.1) is 17.2 Å². The molecule has 7 heteroatoms. The second-order valence-corrected chi connectivity index (χ2v) is 6.25. The maximum Gasteiger partial charge on any atom is 0.341 e. The number of halogens is 2. The fraction of sp³-hybridized carbons (Fsp3) is 0.500. The highest BCUT2D eigenvalue weighted by Crippen LogP contribution is 2.27. The van der Waals surface area contributed by atoms with Gasteiger partial charge in [0.1, 0.15) is 0 Å². The Morgan fingerprint density at radius 3 is 2.68 bits per heavy atom. The van der Waals surface area contributed by atoms with Crippen molar-refractivity contribution in [1.29, 1.82) is 0 Å². The van der Waals surface area contributed by atoms with Gasteiger partial charge >= 0.3 is 5.76 Å². The van der Waals surface area contributed by atoms with Crippen molar-refractivity contribution in [3.8, 4) is 0 Å². The van der Waals surface area contributed by atoms with Crippen molar-refractivity contribution in [1.82, 2.24) is 0 Å². The number of benzene rings is 1. The molecule has 2 rings (SSSR count). The van der Waals surface area contributed by atoms with Crippen molar-refractivity contribution in [2.24, 2.45) is 0 Å². The molecule has 0 aromatic heterocycles. The number of ether oxygens (including phenoxy) is 1. The van der Waals surface area contributed by atoms with Crippen molar-refractivity contribution >= 4 is 15.5 Å². The van der Waals surface area contributed by atoms with Gasteiger partial charge < -0.3 is 10.1 Å². The highest BCUT2D eigenvalue weighted by molar-refractivity contribution is 7.91. The summed E-state index contributed by atoms with van der Waals surface area (Å²) in [6.07, 6.45) is 1.69. The molecule has 0 spiro atoms. The molecule has 1 aromatic carbocycles. The van der Waals surface area contributed by atoms with Crippen LogP contribution in [0.2, 0.25) is 0 Å². The van der Waals surface area contributed by atoms with Gasteiger partial charge in [-0.2, -0.15) is 8.78 Å². The third-order valence-corrected chi connectivity index (χ3v) is 4.39. The lowest BCUT2D eigenvalue weighted by molar-refractivity contribution is 0.0875. The Bertz CT molecular complexity index is 528. The monoisotopic (exact) mass is 291 g/mol. The maximum absolute atomic E-state index is 12.6. The predicted molar refractivity (Wildman–Crippen MR) is 67.1 cm³/mol. The Labute approximate surface area is 110 Å². The van der Waals surface area contributed by atoms with Crippen molar-refractivity contribution in [3.05, 3.63) is 24.3 Å². The number of hydrogen-bond acceptors (Lipinski definition) is 4. The zero-order valence-corrected chi connectivity index (χ0v) is 11.0. The van der Waals surface area contributed by atoms with Crippen molar-refractivity contribution in [2.45, 2.75) is 29.5 Å². The lowest BCUT2D eigenvalue weighted by Gasteiger charge is -2.25. The van der Waals surface area contributed by atoms with Crippen molar-refractivity contribution < 1.29 is 21.9 Å². The molecule has 1 unspecified atom stereocenters. The van der Waals surface area contributed by atoms with E-state index in [1.54, 1.807) is 6.07 Å². The normalized spacial score (nSPS) is 20.5. The van der Waals surface area contributed by atoms with Crippen LogP contribution in [0.3, 0.4) is 0 Å². The molecule has 1 saturated heterocycles.